The van der Waals surface area contributed by atoms with Crippen LogP contribution in [0.2, 0.25) is 0 Å². The Hall–Kier alpha value is -2.86. The molecule has 1 aliphatic rings. The Morgan fingerprint density at radius 2 is 1.80 bits per heavy atom. The van der Waals surface area contributed by atoms with Gasteiger partial charge in [-0.25, -0.2) is 0 Å². The zero-order chi connectivity index (χ0) is 21.5. The van der Waals surface area contributed by atoms with Crippen molar-refractivity contribution >= 4 is 11.7 Å². The van der Waals surface area contributed by atoms with Crippen LogP contribution in [0.15, 0.2) is 48.5 Å². The fraction of sp³-hybridized carbons (Fsp3) is 0.417. The maximum absolute atomic E-state index is 12.4. The number of rotatable bonds is 8. The number of nitrogens with zero attached hydrogens (tertiary/aromatic N) is 1. The number of carbonyl (C=O) groups excluding carboxylic acids is 2. The van der Waals surface area contributed by atoms with Crippen molar-refractivity contribution in [3.63, 3.8) is 0 Å². The summed E-state index contributed by atoms with van der Waals surface area (Å²) >= 11 is 0. The fourth-order valence-corrected chi connectivity index (χ4v) is 3.79. The van der Waals surface area contributed by atoms with Gasteiger partial charge in [-0.15, -0.1) is 0 Å². The van der Waals surface area contributed by atoms with Gasteiger partial charge >= 0.3 is 0 Å². The summed E-state index contributed by atoms with van der Waals surface area (Å²) in [5.41, 5.74) is 1.86. The minimum absolute atomic E-state index is 0.0504. The predicted molar refractivity (Wildman–Crippen MR) is 116 cm³/mol. The molecule has 1 fully saturated rings. The van der Waals surface area contributed by atoms with Gasteiger partial charge in [0, 0.05) is 30.7 Å². The Bertz CT molecular complexity index is 861. The average Bonchev–Trinajstić information content (AvgIpc) is 2.78. The van der Waals surface area contributed by atoms with E-state index in [-0.39, 0.29) is 24.3 Å². The minimum atomic E-state index is -0.151. The Morgan fingerprint density at radius 1 is 1.10 bits per heavy atom. The maximum Gasteiger partial charge on any atom is 0.258 e. The lowest BCUT2D eigenvalue weighted by molar-refractivity contribution is -0.124. The summed E-state index contributed by atoms with van der Waals surface area (Å²) in [6, 6.07) is 16.0. The summed E-state index contributed by atoms with van der Waals surface area (Å²) < 4.78 is 10.9. The summed E-state index contributed by atoms with van der Waals surface area (Å²) in [7, 11) is 1.51. The van der Waals surface area contributed by atoms with E-state index in [2.05, 4.69) is 41.4 Å². The van der Waals surface area contributed by atoms with Gasteiger partial charge in [-0.1, -0.05) is 30.3 Å². The standard InChI is InChI=1S/C24H30N2O4/c1-17(19-7-5-4-6-8-19)26-13-11-21(12-14-26)25-24(28)16-30-22-10-9-20(18(2)27)15-23(22)29-3/h4-10,15,17,21H,11-14,16H2,1-3H3,(H,25,28)/t17-/m0/s1. The fourth-order valence-electron chi connectivity index (χ4n) is 3.79. The molecule has 1 saturated heterocycles. The highest BCUT2D eigenvalue weighted by molar-refractivity contribution is 5.94. The number of piperidine rings is 1. The topological polar surface area (TPSA) is 67.9 Å². The van der Waals surface area contributed by atoms with Gasteiger partial charge in [-0.2, -0.15) is 0 Å². The number of nitrogens with one attached hydrogen (secondary N) is 1. The van der Waals surface area contributed by atoms with Crippen LogP contribution < -0.4 is 14.8 Å². The van der Waals surface area contributed by atoms with E-state index in [1.165, 1.54) is 19.6 Å². The van der Waals surface area contributed by atoms with Gasteiger partial charge in [0.15, 0.2) is 23.9 Å². The molecule has 1 amide bonds. The largest absolute Gasteiger partial charge is 0.493 e. The first-order valence-electron chi connectivity index (χ1n) is 10.4. The Kier molecular flexibility index (Phi) is 7.46. The molecule has 0 bridgehead atoms. The molecule has 0 spiro atoms. The first-order chi connectivity index (χ1) is 14.5. The summed E-state index contributed by atoms with van der Waals surface area (Å²) in [5.74, 6) is 0.690. The minimum Gasteiger partial charge on any atom is -0.493 e. The molecule has 30 heavy (non-hydrogen) atoms. The summed E-state index contributed by atoms with van der Waals surface area (Å²) in [6.07, 6.45) is 1.83. The number of hydrogen-bond acceptors (Lipinski definition) is 5. The second-order valence-corrected chi connectivity index (χ2v) is 7.67. The van der Waals surface area contributed by atoms with Gasteiger partial charge < -0.3 is 14.8 Å². The number of amides is 1. The molecule has 6 heteroatoms. The first kappa shape index (κ1) is 21.8. The van der Waals surface area contributed by atoms with Crippen molar-refractivity contribution in [1.29, 1.82) is 0 Å². The third-order valence-corrected chi connectivity index (χ3v) is 5.65. The highest BCUT2D eigenvalue weighted by Crippen LogP contribution is 2.28. The third-order valence-electron chi connectivity index (χ3n) is 5.65. The number of methoxy groups -OCH3 is 1. The van der Waals surface area contributed by atoms with Crippen molar-refractivity contribution in [2.24, 2.45) is 0 Å². The maximum atomic E-state index is 12.4. The number of benzene rings is 2. The lowest BCUT2D eigenvalue weighted by Crippen LogP contribution is -2.46. The van der Waals surface area contributed by atoms with Gasteiger partial charge in [0.1, 0.15) is 0 Å². The zero-order valence-corrected chi connectivity index (χ0v) is 17.9. The summed E-state index contributed by atoms with van der Waals surface area (Å²) in [4.78, 5) is 26.3. The van der Waals surface area contributed by atoms with Crippen molar-refractivity contribution in [2.75, 3.05) is 26.8 Å². The van der Waals surface area contributed by atoms with E-state index in [1.807, 2.05) is 6.07 Å². The summed E-state index contributed by atoms with van der Waals surface area (Å²) in [5, 5.41) is 3.07. The second kappa shape index (κ2) is 10.3. The van der Waals surface area contributed by atoms with Crippen LogP contribution in [0.1, 0.15) is 48.7 Å². The molecule has 2 aromatic rings. The highest BCUT2D eigenvalue weighted by atomic mass is 16.5. The molecule has 1 aliphatic heterocycles. The van der Waals surface area contributed by atoms with Crippen LogP contribution in [-0.4, -0.2) is 49.4 Å². The molecule has 0 radical (unpaired) electrons. The van der Waals surface area contributed by atoms with Crippen molar-refractivity contribution < 1.29 is 19.1 Å². The molecule has 2 aromatic carbocycles. The zero-order valence-electron chi connectivity index (χ0n) is 17.9. The highest BCUT2D eigenvalue weighted by Gasteiger charge is 2.24. The molecular formula is C24H30N2O4. The molecule has 0 saturated carbocycles. The van der Waals surface area contributed by atoms with Crippen LogP contribution in [0.3, 0.4) is 0 Å². The smallest absolute Gasteiger partial charge is 0.258 e. The predicted octanol–water partition coefficient (Wildman–Crippen LogP) is 3.62. The number of likely N-dealkylation sites (tertiary alicyclic amines) is 1. The second-order valence-electron chi connectivity index (χ2n) is 7.67. The molecule has 1 atom stereocenters. The van der Waals surface area contributed by atoms with Crippen LogP contribution in [0.5, 0.6) is 11.5 Å². The quantitative estimate of drug-likeness (QED) is 0.674. The molecule has 3 rings (SSSR count). The van der Waals surface area contributed by atoms with Gasteiger partial charge in [-0.05, 0) is 50.5 Å². The van der Waals surface area contributed by atoms with E-state index in [0.29, 0.717) is 23.1 Å². The molecule has 1 heterocycles. The molecule has 0 aromatic heterocycles. The van der Waals surface area contributed by atoms with Crippen LogP contribution in [0.25, 0.3) is 0 Å². The van der Waals surface area contributed by atoms with Crippen LogP contribution >= 0.6 is 0 Å². The molecule has 6 nitrogen and oxygen atoms in total. The molecule has 1 N–H and O–H groups in total. The van der Waals surface area contributed by atoms with Gasteiger partial charge in [-0.3, -0.25) is 14.5 Å². The monoisotopic (exact) mass is 410 g/mol. The molecule has 160 valence electrons. The van der Waals surface area contributed by atoms with Crippen LogP contribution in [-0.2, 0) is 4.79 Å². The summed E-state index contributed by atoms with van der Waals surface area (Å²) in [6.45, 7) is 5.53. The van der Waals surface area contributed by atoms with E-state index >= 15 is 0 Å². The van der Waals surface area contributed by atoms with E-state index in [0.717, 1.165) is 25.9 Å². The lowest BCUT2D eigenvalue weighted by atomic mass is 10.00. The van der Waals surface area contributed by atoms with E-state index in [9.17, 15) is 9.59 Å². The molecule has 0 aliphatic carbocycles. The van der Waals surface area contributed by atoms with Crippen molar-refractivity contribution in [3.05, 3.63) is 59.7 Å². The Labute approximate surface area is 178 Å². The SMILES string of the molecule is COc1cc(C(C)=O)ccc1OCC(=O)NC1CCN([C@@H](C)c2ccccc2)CC1. The number of Topliss-reactive ketones (excluding diaryl/α,β-unsaturated/α-hetero) is 1. The van der Waals surface area contributed by atoms with E-state index in [4.69, 9.17) is 9.47 Å². The lowest BCUT2D eigenvalue weighted by Gasteiger charge is -2.36. The van der Waals surface area contributed by atoms with Crippen LogP contribution in [0, 0.1) is 0 Å². The number of carbonyl (C=O) groups is 2. The van der Waals surface area contributed by atoms with Gasteiger partial charge in [0.25, 0.3) is 5.91 Å². The van der Waals surface area contributed by atoms with Gasteiger partial charge in [0.2, 0.25) is 0 Å². The van der Waals surface area contributed by atoms with Crippen molar-refractivity contribution in [1.82, 2.24) is 10.2 Å². The van der Waals surface area contributed by atoms with Crippen LogP contribution in [0.4, 0.5) is 0 Å². The average molecular weight is 411 g/mol. The third kappa shape index (κ3) is 5.60. The van der Waals surface area contributed by atoms with E-state index in [1.54, 1.807) is 18.2 Å². The van der Waals surface area contributed by atoms with E-state index < -0.39 is 0 Å². The van der Waals surface area contributed by atoms with Gasteiger partial charge in [0.05, 0.1) is 7.11 Å². The number of ether oxygens (including phenoxy) is 2. The van der Waals surface area contributed by atoms with Crippen molar-refractivity contribution in [3.8, 4) is 11.5 Å². The van der Waals surface area contributed by atoms with Crippen molar-refractivity contribution in [2.45, 2.75) is 38.8 Å². The molecule has 0 unspecified atom stereocenters. The number of ketones is 1. The Balaban J connectivity index is 1.46. The number of hydrogen-bond donors (Lipinski definition) is 1. The molecular weight excluding hydrogens is 380 g/mol. The Morgan fingerprint density at radius 3 is 2.43 bits per heavy atom. The normalized spacial score (nSPS) is 16.0. The first-order valence-corrected chi connectivity index (χ1v) is 10.4.